The molecule has 0 radical (unpaired) electrons. The summed E-state index contributed by atoms with van der Waals surface area (Å²) in [6, 6.07) is 0. The van der Waals surface area contributed by atoms with Crippen LogP contribution in [0.25, 0.3) is 0 Å². The summed E-state index contributed by atoms with van der Waals surface area (Å²) >= 11 is 0. The Bertz CT molecular complexity index is 556. The second kappa shape index (κ2) is 22.9. The Morgan fingerprint density at radius 1 is 0.879 bits per heavy atom. The largest absolute Gasteiger partial charge is 0.381 e. The third-order valence-corrected chi connectivity index (χ3v) is 4.61. The second-order valence-corrected chi connectivity index (χ2v) is 7.69. The summed E-state index contributed by atoms with van der Waals surface area (Å²) in [6.45, 7) is 13.4. The van der Waals surface area contributed by atoms with E-state index in [2.05, 4.69) is 29.1 Å². The van der Waals surface area contributed by atoms with Crippen molar-refractivity contribution < 1.29 is 28.6 Å². The van der Waals surface area contributed by atoms with Gasteiger partial charge in [-0.1, -0.05) is 26.0 Å². The van der Waals surface area contributed by atoms with Gasteiger partial charge in [-0.05, 0) is 45.1 Å². The predicted octanol–water partition coefficient (Wildman–Crippen LogP) is 1.88. The highest BCUT2D eigenvalue weighted by Crippen LogP contribution is 2.09. The predicted molar refractivity (Wildman–Crippen MR) is 129 cm³/mol. The standard InChI is InChI=1S/C24H43N3O6/c1-4-23(29)26-13-10-18-33-22(19-32-17-8-12-25-20-28)11-6-5-7-15-31-16-9-14-27-24(30)21(2)3/h4,20,22H,1-2,5-19H2,3H3,(H,25,28)(H,26,29)(H,27,30). The zero-order chi connectivity index (χ0) is 24.6. The van der Waals surface area contributed by atoms with E-state index < -0.39 is 0 Å². The van der Waals surface area contributed by atoms with Crippen LogP contribution in [0.5, 0.6) is 0 Å². The molecule has 0 aromatic carbocycles. The van der Waals surface area contributed by atoms with Crippen molar-refractivity contribution in [1.82, 2.24) is 16.0 Å². The van der Waals surface area contributed by atoms with E-state index in [1.807, 2.05) is 0 Å². The van der Waals surface area contributed by atoms with Crippen molar-refractivity contribution in [3.63, 3.8) is 0 Å². The number of carbonyl (C=O) groups is 3. The van der Waals surface area contributed by atoms with E-state index in [-0.39, 0.29) is 17.9 Å². The van der Waals surface area contributed by atoms with E-state index in [4.69, 9.17) is 14.2 Å². The minimum absolute atomic E-state index is 0.00279. The molecule has 0 heterocycles. The molecule has 0 saturated heterocycles. The van der Waals surface area contributed by atoms with Crippen LogP contribution in [0, 0.1) is 0 Å². The Balaban J connectivity index is 3.88. The number of ether oxygens (including phenoxy) is 3. The van der Waals surface area contributed by atoms with Crippen molar-refractivity contribution in [1.29, 1.82) is 0 Å². The molecule has 33 heavy (non-hydrogen) atoms. The lowest BCUT2D eigenvalue weighted by atomic mass is 10.1. The van der Waals surface area contributed by atoms with Gasteiger partial charge < -0.3 is 30.2 Å². The molecule has 0 bridgehead atoms. The Kier molecular flexibility index (Phi) is 21.4. The molecule has 0 spiro atoms. The third kappa shape index (κ3) is 21.4. The number of unbranched alkanes of at least 4 members (excludes halogenated alkanes) is 2. The highest BCUT2D eigenvalue weighted by molar-refractivity contribution is 5.92. The first-order valence-electron chi connectivity index (χ1n) is 11.8. The summed E-state index contributed by atoms with van der Waals surface area (Å²) in [5.41, 5.74) is 0.512. The molecule has 9 heteroatoms. The lowest BCUT2D eigenvalue weighted by molar-refractivity contribution is -0.117. The molecule has 0 aromatic rings. The van der Waals surface area contributed by atoms with Gasteiger partial charge in [-0.3, -0.25) is 14.4 Å². The number of carbonyl (C=O) groups excluding carboxylic acids is 3. The van der Waals surface area contributed by atoms with Gasteiger partial charge in [0, 0.05) is 51.6 Å². The summed E-state index contributed by atoms with van der Waals surface area (Å²) in [6.07, 6.45) is 8.09. The van der Waals surface area contributed by atoms with Gasteiger partial charge in [-0.15, -0.1) is 0 Å². The molecule has 0 saturated carbocycles. The number of amides is 3. The number of hydrogen-bond acceptors (Lipinski definition) is 6. The van der Waals surface area contributed by atoms with Gasteiger partial charge in [0.1, 0.15) is 0 Å². The van der Waals surface area contributed by atoms with Gasteiger partial charge in [0.15, 0.2) is 0 Å². The minimum Gasteiger partial charge on any atom is -0.381 e. The summed E-state index contributed by atoms with van der Waals surface area (Å²) in [5, 5.41) is 8.12. The van der Waals surface area contributed by atoms with Crippen LogP contribution in [0.15, 0.2) is 24.8 Å². The molecule has 0 aromatic heterocycles. The van der Waals surface area contributed by atoms with Gasteiger partial charge >= 0.3 is 0 Å². The molecule has 0 rings (SSSR count). The van der Waals surface area contributed by atoms with Crippen molar-refractivity contribution in [3.05, 3.63) is 24.8 Å². The quantitative estimate of drug-likeness (QED) is 0.113. The maximum absolute atomic E-state index is 11.4. The zero-order valence-electron chi connectivity index (χ0n) is 20.2. The number of nitrogens with one attached hydrogen (secondary N) is 3. The van der Waals surface area contributed by atoms with Crippen molar-refractivity contribution in [2.75, 3.05) is 52.7 Å². The first-order valence-corrected chi connectivity index (χ1v) is 11.8. The Morgan fingerprint density at radius 2 is 1.55 bits per heavy atom. The highest BCUT2D eigenvalue weighted by Gasteiger charge is 2.10. The van der Waals surface area contributed by atoms with Gasteiger partial charge in [0.2, 0.25) is 18.2 Å². The normalized spacial score (nSPS) is 11.4. The van der Waals surface area contributed by atoms with Crippen LogP contribution in [-0.4, -0.2) is 77.0 Å². The molecular formula is C24H43N3O6. The topological polar surface area (TPSA) is 115 Å². The van der Waals surface area contributed by atoms with E-state index in [9.17, 15) is 14.4 Å². The van der Waals surface area contributed by atoms with Gasteiger partial charge in [-0.25, -0.2) is 0 Å². The Labute approximate surface area is 198 Å². The van der Waals surface area contributed by atoms with E-state index in [1.54, 1.807) is 6.92 Å². The lowest BCUT2D eigenvalue weighted by Crippen LogP contribution is -2.25. The lowest BCUT2D eigenvalue weighted by Gasteiger charge is -2.18. The average molecular weight is 470 g/mol. The fourth-order valence-electron chi connectivity index (χ4n) is 2.75. The smallest absolute Gasteiger partial charge is 0.246 e. The number of rotatable bonds is 24. The molecule has 1 atom stereocenters. The molecule has 0 aliphatic rings. The van der Waals surface area contributed by atoms with Crippen molar-refractivity contribution in [2.45, 2.75) is 58.0 Å². The molecule has 3 amide bonds. The number of hydrogen-bond donors (Lipinski definition) is 3. The summed E-state index contributed by atoms with van der Waals surface area (Å²) < 4.78 is 17.3. The maximum atomic E-state index is 11.4. The SMILES string of the molecule is C=CC(=O)NCCCOC(CCCCCOCCCNC(=O)C(=C)C)COCCCNC=O. The van der Waals surface area contributed by atoms with Crippen LogP contribution in [0.4, 0.5) is 0 Å². The molecular weight excluding hydrogens is 426 g/mol. The van der Waals surface area contributed by atoms with Crippen molar-refractivity contribution in [2.24, 2.45) is 0 Å². The van der Waals surface area contributed by atoms with Gasteiger partial charge in [-0.2, -0.15) is 0 Å². The average Bonchev–Trinajstić information content (AvgIpc) is 2.81. The van der Waals surface area contributed by atoms with Crippen LogP contribution in [0.3, 0.4) is 0 Å². The molecule has 3 N–H and O–H groups in total. The fraction of sp³-hybridized carbons (Fsp3) is 0.708. The van der Waals surface area contributed by atoms with Gasteiger partial charge in [0.05, 0.1) is 12.7 Å². The van der Waals surface area contributed by atoms with Crippen LogP contribution >= 0.6 is 0 Å². The maximum Gasteiger partial charge on any atom is 0.246 e. The molecule has 190 valence electrons. The summed E-state index contributed by atoms with van der Waals surface area (Å²) in [4.78, 5) is 32.8. The molecule has 0 fully saturated rings. The van der Waals surface area contributed by atoms with E-state index >= 15 is 0 Å². The van der Waals surface area contributed by atoms with Crippen LogP contribution in [-0.2, 0) is 28.6 Å². The Morgan fingerprint density at radius 3 is 2.27 bits per heavy atom. The van der Waals surface area contributed by atoms with Crippen molar-refractivity contribution in [3.8, 4) is 0 Å². The molecule has 9 nitrogen and oxygen atoms in total. The zero-order valence-corrected chi connectivity index (χ0v) is 20.2. The van der Waals surface area contributed by atoms with E-state index in [0.717, 1.165) is 44.9 Å². The van der Waals surface area contributed by atoms with E-state index in [0.29, 0.717) is 64.7 Å². The summed E-state index contributed by atoms with van der Waals surface area (Å²) in [7, 11) is 0. The molecule has 0 aliphatic heterocycles. The first-order chi connectivity index (χ1) is 16.0. The fourth-order valence-corrected chi connectivity index (χ4v) is 2.75. The van der Waals surface area contributed by atoms with Crippen LogP contribution in [0.2, 0.25) is 0 Å². The van der Waals surface area contributed by atoms with Crippen molar-refractivity contribution >= 4 is 18.2 Å². The Hall–Kier alpha value is -2.23. The second-order valence-electron chi connectivity index (χ2n) is 7.69. The monoisotopic (exact) mass is 469 g/mol. The highest BCUT2D eigenvalue weighted by atomic mass is 16.5. The first kappa shape index (κ1) is 30.8. The van der Waals surface area contributed by atoms with Gasteiger partial charge in [0.25, 0.3) is 0 Å². The molecule has 0 aliphatic carbocycles. The van der Waals surface area contributed by atoms with Crippen LogP contribution < -0.4 is 16.0 Å². The minimum atomic E-state index is -0.183. The van der Waals surface area contributed by atoms with E-state index in [1.165, 1.54) is 6.08 Å². The summed E-state index contributed by atoms with van der Waals surface area (Å²) in [5.74, 6) is -0.299. The molecule has 1 unspecified atom stereocenters. The van der Waals surface area contributed by atoms with Crippen LogP contribution in [0.1, 0.15) is 51.9 Å². The third-order valence-electron chi connectivity index (χ3n) is 4.61.